The standard InChI is InChI=1S/C22H24N2/c1-19(10-8-9-13-20-11-4-2-5-12-20)22-23-16-17-24(22)18-21-14-6-3-7-15-21/h2-8,10-12,14-17,19H,9,13,18H2,1H3/b10-8+/t19-/m1/s1. The summed E-state index contributed by atoms with van der Waals surface area (Å²) >= 11 is 0. The Labute approximate surface area is 144 Å². The van der Waals surface area contributed by atoms with Crippen molar-refractivity contribution in [2.24, 2.45) is 0 Å². The number of allylic oxidation sites excluding steroid dienone is 2. The van der Waals surface area contributed by atoms with Gasteiger partial charge in [-0.05, 0) is 24.0 Å². The quantitative estimate of drug-likeness (QED) is 0.546. The predicted molar refractivity (Wildman–Crippen MR) is 100 cm³/mol. The Kier molecular flexibility index (Phi) is 5.62. The zero-order valence-corrected chi connectivity index (χ0v) is 14.2. The summed E-state index contributed by atoms with van der Waals surface area (Å²) in [5.41, 5.74) is 2.69. The molecule has 0 saturated heterocycles. The van der Waals surface area contributed by atoms with E-state index >= 15 is 0 Å². The molecule has 1 heterocycles. The van der Waals surface area contributed by atoms with Crippen molar-refractivity contribution in [3.8, 4) is 0 Å². The molecule has 0 aliphatic rings. The van der Waals surface area contributed by atoms with E-state index in [0.717, 1.165) is 25.2 Å². The van der Waals surface area contributed by atoms with E-state index in [1.54, 1.807) is 0 Å². The minimum absolute atomic E-state index is 0.319. The monoisotopic (exact) mass is 316 g/mol. The number of imidazole rings is 1. The van der Waals surface area contributed by atoms with E-state index < -0.39 is 0 Å². The Morgan fingerprint density at radius 3 is 2.33 bits per heavy atom. The van der Waals surface area contributed by atoms with Gasteiger partial charge in [0.15, 0.2) is 0 Å². The Balaban J connectivity index is 1.58. The molecule has 0 N–H and O–H groups in total. The maximum Gasteiger partial charge on any atom is 0.115 e. The van der Waals surface area contributed by atoms with Crippen LogP contribution in [0, 0.1) is 0 Å². The van der Waals surface area contributed by atoms with Crippen molar-refractivity contribution in [2.45, 2.75) is 32.2 Å². The number of nitrogens with zero attached hydrogens (tertiary/aromatic N) is 2. The van der Waals surface area contributed by atoms with Crippen molar-refractivity contribution in [1.29, 1.82) is 0 Å². The van der Waals surface area contributed by atoms with Gasteiger partial charge in [-0.1, -0.05) is 79.7 Å². The van der Waals surface area contributed by atoms with Gasteiger partial charge in [0.2, 0.25) is 0 Å². The summed E-state index contributed by atoms with van der Waals surface area (Å²) in [5.74, 6) is 1.44. The summed E-state index contributed by atoms with van der Waals surface area (Å²) in [7, 11) is 0. The van der Waals surface area contributed by atoms with Gasteiger partial charge in [0.05, 0.1) is 0 Å². The molecule has 0 fully saturated rings. The van der Waals surface area contributed by atoms with Crippen molar-refractivity contribution < 1.29 is 0 Å². The molecule has 3 rings (SSSR count). The van der Waals surface area contributed by atoms with Gasteiger partial charge in [0.25, 0.3) is 0 Å². The number of rotatable bonds is 7. The maximum atomic E-state index is 4.56. The summed E-state index contributed by atoms with van der Waals surface area (Å²) in [6.45, 7) is 3.08. The Morgan fingerprint density at radius 1 is 0.958 bits per heavy atom. The van der Waals surface area contributed by atoms with Crippen molar-refractivity contribution in [1.82, 2.24) is 9.55 Å². The highest BCUT2D eigenvalue weighted by Crippen LogP contribution is 2.17. The number of aryl methyl sites for hydroxylation is 1. The molecule has 0 aliphatic heterocycles. The van der Waals surface area contributed by atoms with E-state index in [0.29, 0.717) is 5.92 Å². The smallest absolute Gasteiger partial charge is 0.115 e. The lowest BCUT2D eigenvalue weighted by Crippen LogP contribution is -2.06. The molecule has 0 unspecified atom stereocenters. The largest absolute Gasteiger partial charge is 0.330 e. The lowest BCUT2D eigenvalue weighted by molar-refractivity contribution is 0.698. The van der Waals surface area contributed by atoms with Crippen LogP contribution in [0.2, 0.25) is 0 Å². The van der Waals surface area contributed by atoms with Gasteiger partial charge < -0.3 is 4.57 Å². The number of hydrogen-bond acceptors (Lipinski definition) is 1. The van der Waals surface area contributed by atoms with Gasteiger partial charge in [-0.25, -0.2) is 4.98 Å². The normalized spacial score (nSPS) is 12.5. The summed E-state index contributed by atoms with van der Waals surface area (Å²) in [5, 5.41) is 0. The first-order chi connectivity index (χ1) is 11.8. The van der Waals surface area contributed by atoms with Gasteiger partial charge in [0.1, 0.15) is 5.82 Å². The van der Waals surface area contributed by atoms with E-state index in [1.165, 1.54) is 11.1 Å². The minimum atomic E-state index is 0.319. The summed E-state index contributed by atoms with van der Waals surface area (Å²) < 4.78 is 2.24. The van der Waals surface area contributed by atoms with Crippen LogP contribution in [0.1, 0.15) is 36.2 Å². The molecular formula is C22H24N2. The summed E-state index contributed by atoms with van der Waals surface area (Å²) in [4.78, 5) is 4.56. The molecule has 0 saturated carbocycles. The van der Waals surface area contributed by atoms with Gasteiger partial charge >= 0.3 is 0 Å². The van der Waals surface area contributed by atoms with Crippen LogP contribution >= 0.6 is 0 Å². The Morgan fingerprint density at radius 2 is 1.62 bits per heavy atom. The number of benzene rings is 2. The molecule has 2 nitrogen and oxygen atoms in total. The van der Waals surface area contributed by atoms with Crippen molar-refractivity contribution in [2.75, 3.05) is 0 Å². The molecule has 122 valence electrons. The fourth-order valence-electron chi connectivity index (χ4n) is 2.91. The first-order valence-corrected chi connectivity index (χ1v) is 8.58. The second kappa shape index (κ2) is 8.30. The van der Waals surface area contributed by atoms with E-state index in [9.17, 15) is 0 Å². The van der Waals surface area contributed by atoms with Crippen LogP contribution in [-0.2, 0) is 13.0 Å². The first kappa shape index (κ1) is 16.3. The van der Waals surface area contributed by atoms with Crippen LogP contribution in [0.15, 0.2) is 85.2 Å². The van der Waals surface area contributed by atoms with Crippen molar-refractivity contribution >= 4 is 0 Å². The third kappa shape index (κ3) is 4.45. The van der Waals surface area contributed by atoms with Gasteiger partial charge in [0, 0.05) is 24.9 Å². The van der Waals surface area contributed by atoms with Crippen molar-refractivity contribution in [3.05, 3.63) is 102 Å². The van der Waals surface area contributed by atoms with E-state index in [1.807, 2.05) is 6.20 Å². The molecule has 0 amide bonds. The summed E-state index contributed by atoms with van der Waals surface area (Å²) in [6.07, 6.45) is 10.7. The molecule has 0 spiro atoms. The fourth-order valence-corrected chi connectivity index (χ4v) is 2.91. The highest BCUT2D eigenvalue weighted by Gasteiger charge is 2.09. The van der Waals surface area contributed by atoms with E-state index in [4.69, 9.17) is 0 Å². The van der Waals surface area contributed by atoms with Crippen LogP contribution in [0.25, 0.3) is 0 Å². The molecule has 24 heavy (non-hydrogen) atoms. The second-order valence-electron chi connectivity index (χ2n) is 6.14. The molecule has 0 radical (unpaired) electrons. The van der Waals surface area contributed by atoms with Crippen LogP contribution in [0.4, 0.5) is 0 Å². The average molecular weight is 316 g/mol. The van der Waals surface area contributed by atoms with Crippen LogP contribution in [0.5, 0.6) is 0 Å². The highest BCUT2D eigenvalue weighted by molar-refractivity contribution is 5.18. The summed E-state index contributed by atoms with van der Waals surface area (Å²) in [6, 6.07) is 21.2. The zero-order valence-electron chi connectivity index (χ0n) is 14.2. The maximum absolute atomic E-state index is 4.56. The second-order valence-corrected chi connectivity index (χ2v) is 6.14. The third-order valence-corrected chi connectivity index (χ3v) is 4.22. The molecule has 1 aromatic heterocycles. The van der Waals surface area contributed by atoms with Gasteiger partial charge in [-0.3, -0.25) is 0 Å². The molecular weight excluding hydrogens is 292 g/mol. The molecule has 3 aromatic rings. The Hall–Kier alpha value is -2.61. The number of aromatic nitrogens is 2. The third-order valence-electron chi connectivity index (χ3n) is 4.22. The molecule has 2 aromatic carbocycles. The van der Waals surface area contributed by atoms with Crippen LogP contribution in [0.3, 0.4) is 0 Å². The fraction of sp³-hybridized carbons (Fsp3) is 0.227. The topological polar surface area (TPSA) is 17.8 Å². The molecule has 1 atom stereocenters. The van der Waals surface area contributed by atoms with Crippen molar-refractivity contribution in [3.63, 3.8) is 0 Å². The van der Waals surface area contributed by atoms with Gasteiger partial charge in [-0.15, -0.1) is 0 Å². The lowest BCUT2D eigenvalue weighted by Gasteiger charge is -2.11. The predicted octanol–water partition coefficient (Wildman–Crippen LogP) is 5.22. The van der Waals surface area contributed by atoms with Gasteiger partial charge in [-0.2, -0.15) is 0 Å². The van der Waals surface area contributed by atoms with Crippen LogP contribution < -0.4 is 0 Å². The average Bonchev–Trinajstić information content (AvgIpc) is 3.08. The zero-order chi connectivity index (χ0) is 16.6. The SMILES string of the molecule is C[C@H](/C=C/CCc1ccccc1)c1nccn1Cc1ccccc1. The Bertz CT molecular complexity index is 757. The number of hydrogen-bond donors (Lipinski definition) is 0. The minimum Gasteiger partial charge on any atom is -0.330 e. The molecule has 0 aliphatic carbocycles. The molecule has 2 heteroatoms. The molecule has 0 bridgehead atoms. The highest BCUT2D eigenvalue weighted by atomic mass is 15.1. The van der Waals surface area contributed by atoms with E-state index in [2.05, 4.69) is 95.5 Å². The first-order valence-electron chi connectivity index (χ1n) is 8.58. The van der Waals surface area contributed by atoms with E-state index in [-0.39, 0.29) is 0 Å². The van der Waals surface area contributed by atoms with Crippen LogP contribution in [-0.4, -0.2) is 9.55 Å². The lowest BCUT2D eigenvalue weighted by atomic mass is 10.1.